The highest BCUT2D eigenvalue weighted by atomic mass is 19.4. The van der Waals surface area contributed by atoms with Crippen LogP contribution in [0.2, 0.25) is 0 Å². The number of H-pyrrole nitrogens is 1. The molecule has 4 rings (SSSR count). The fourth-order valence-electron chi connectivity index (χ4n) is 4.09. The molecule has 4 N–H and O–H groups in total. The largest absolute Gasteiger partial charge is 0.417 e. The van der Waals surface area contributed by atoms with Gasteiger partial charge in [0, 0.05) is 57.1 Å². The minimum Gasteiger partial charge on any atom is -0.375 e. The second-order valence-corrected chi connectivity index (χ2v) is 8.55. The number of nitrogens with two attached hydrogens (primary N) is 1. The lowest BCUT2D eigenvalue weighted by Gasteiger charge is -2.31. The van der Waals surface area contributed by atoms with Crippen molar-refractivity contribution in [2.75, 3.05) is 50.5 Å². The summed E-state index contributed by atoms with van der Waals surface area (Å²) >= 11 is 0. The highest BCUT2D eigenvalue weighted by Crippen LogP contribution is 2.36. The number of carbonyl (C=O) groups is 1. The van der Waals surface area contributed by atoms with Crippen molar-refractivity contribution in [2.45, 2.75) is 19.0 Å². The number of hydrogen-bond acceptors (Lipinski definition) is 7. The number of aromatic nitrogens is 4. The van der Waals surface area contributed by atoms with Crippen molar-refractivity contribution in [3.8, 4) is 11.3 Å². The molecule has 0 aliphatic carbocycles. The van der Waals surface area contributed by atoms with Crippen LogP contribution in [0.5, 0.6) is 0 Å². The molecule has 182 valence electrons. The Bertz CT molecular complexity index is 1170. The van der Waals surface area contributed by atoms with E-state index in [0.717, 1.165) is 25.1 Å². The second kappa shape index (κ2) is 9.45. The van der Waals surface area contributed by atoms with E-state index in [9.17, 15) is 18.0 Å². The van der Waals surface area contributed by atoms with Crippen LogP contribution < -0.4 is 16.0 Å². The van der Waals surface area contributed by atoms with Crippen LogP contribution >= 0.6 is 0 Å². The van der Waals surface area contributed by atoms with Crippen LogP contribution in [0.3, 0.4) is 0 Å². The van der Waals surface area contributed by atoms with E-state index in [1.54, 1.807) is 17.3 Å². The van der Waals surface area contributed by atoms with Crippen LogP contribution in [0.15, 0.2) is 24.7 Å². The monoisotopic (exact) mass is 476 g/mol. The number of anilines is 2. The third-order valence-electron chi connectivity index (χ3n) is 6.06. The number of nitrogens with one attached hydrogen (secondary N) is 2. The normalized spacial score (nSPS) is 15.1. The number of amides is 1. The summed E-state index contributed by atoms with van der Waals surface area (Å²) in [6, 6.07) is 1.08. The second-order valence-electron chi connectivity index (χ2n) is 8.55. The van der Waals surface area contributed by atoms with Crippen LogP contribution in [0.4, 0.5) is 24.8 Å². The Morgan fingerprint density at radius 1 is 1.26 bits per heavy atom. The van der Waals surface area contributed by atoms with Crippen molar-refractivity contribution in [3.05, 3.63) is 30.2 Å². The number of hydrogen-bond donors (Lipinski definition) is 3. The number of alkyl halides is 3. The maximum atomic E-state index is 13.3. The van der Waals surface area contributed by atoms with Gasteiger partial charge in [0.25, 0.3) is 0 Å². The number of rotatable bonds is 6. The molecule has 1 amide bonds. The van der Waals surface area contributed by atoms with E-state index in [1.165, 1.54) is 0 Å². The van der Waals surface area contributed by atoms with Gasteiger partial charge < -0.3 is 25.8 Å². The Balaban J connectivity index is 1.57. The van der Waals surface area contributed by atoms with Crippen LogP contribution in [0.1, 0.15) is 18.4 Å². The predicted octanol–water partition coefficient (Wildman–Crippen LogP) is 2.71. The molecular formula is C22H27F3N8O. The first kappa shape index (κ1) is 23.7. The van der Waals surface area contributed by atoms with Gasteiger partial charge in [0.2, 0.25) is 11.9 Å². The van der Waals surface area contributed by atoms with E-state index in [1.807, 2.05) is 19.0 Å². The van der Waals surface area contributed by atoms with Crippen LogP contribution in [-0.2, 0) is 11.0 Å². The van der Waals surface area contributed by atoms with E-state index < -0.39 is 11.7 Å². The lowest BCUT2D eigenvalue weighted by atomic mass is 9.97. The van der Waals surface area contributed by atoms with E-state index in [0.29, 0.717) is 59.5 Å². The molecule has 9 nitrogen and oxygen atoms in total. The molecule has 12 heteroatoms. The van der Waals surface area contributed by atoms with Crippen LogP contribution in [-0.4, -0.2) is 71.0 Å². The van der Waals surface area contributed by atoms with Gasteiger partial charge >= 0.3 is 6.18 Å². The van der Waals surface area contributed by atoms with Gasteiger partial charge in [-0.1, -0.05) is 0 Å². The number of pyridine rings is 1. The molecule has 0 spiro atoms. The molecular weight excluding hydrogens is 449 g/mol. The number of halogens is 3. The van der Waals surface area contributed by atoms with Gasteiger partial charge in [0.05, 0.1) is 24.0 Å². The van der Waals surface area contributed by atoms with E-state index in [4.69, 9.17) is 5.73 Å². The van der Waals surface area contributed by atoms with Gasteiger partial charge in [0.1, 0.15) is 11.3 Å². The van der Waals surface area contributed by atoms with Crippen LogP contribution in [0.25, 0.3) is 22.3 Å². The molecule has 3 aromatic rings. The maximum absolute atomic E-state index is 13.3. The first-order valence-corrected chi connectivity index (χ1v) is 11.0. The van der Waals surface area contributed by atoms with E-state index >= 15 is 0 Å². The highest BCUT2D eigenvalue weighted by Gasteiger charge is 2.32. The van der Waals surface area contributed by atoms with Gasteiger partial charge in [-0.25, -0.2) is 15.0 Å². The lowest BCUT2D eigenvalue weighted by molar-refractivity contribution is -0.137. The third kappa shape index (κ3) is 4.91. The predicted molar refractivity (Wildman–Crippen MR) is 123 cm³/mol. The lowest BCUT2D eigenvalue weighted by Crippen LogP contribution is -2.42. The van der Waals surface area contributed by atoms with Crippen molar-refractivity contribution in [1.29, 1.82) is 0 Å². The first-order chi connectivity index (χ1) is 16.2. The number of aromatic amines is 1. The van der Waals surface area contributed by atoms with Crippen molar-refractivity contribution < 1.29 is 18.0 Å². The number of carbonyl (C=O) groups excluding carboxylic acids is 1. The van der Waals surface area contributed by atoms with Crippen molar-refractivity contribution in [1.82, 2.24) is 24.8 Å². The maximum Gasteiger partial charge on any atom is 0.417 e. The molecule has 34 heavy (non-hydrogen) atoms. The highest BCUT2D eigenvalue weighted by molar-refractivity contribution is 5.96. The summed E-state index contributed by atoms with van der Waals surface area (Å²) in [7, 11) is 3.64. The number of nitrogens with zero attached hydrogens (tertiary/aromatic N) is 5. The zero-order valence-corrected chi connectivity index (χ0v) is 19.0. The molecule has 1 fully saturated rings. The van der Waals surface area contributed by atoms with Gasteiger partial charge in [-0.3, -0.25) is 4.79 Å². The molecule has 0 bridgehead atoms. The van der Waals surface area contributed by atoms with Crippen molar-refractivity contribution >= 4 is 28.6 Å². The van der Waals surface area contributed by atoms with E-state index in [2.05, 4.69) is 25.3 Å². The van der Waals surface area contributed by atoms with Crippen molar-refractivity contribution in [3.63, 3.8) is 0 Å². The topological polar surface area (TPSA) is 116 Å². The SMILES string of the molecule is CN(C)c1cnc(NCC2CCN(C(=O)CN)CC2)nc1-c1c[nH]c2ncc(C(F)(F)F)cc12. The third-order valence-corrected chi connectivity index (χ3v) is 6.06. The van der Waals surface area contributed by atoms with Gasteiger partial charge in [-0.05, 0) is 24.8 Å². The molecule has 1 saturated heterocycles. The molecule has 0 unspecified atom stereocenters. The Hall–Kier alpha value is -3.41. The minimum atomic E-state index is -4.50. The Morgan fingerprint density at radius 3 is 2.65 bits per heavy atom. The Labute approximate surface area is 194 Å². The standard InChI is InChI=1S/C22H27F3N8O/c1-32(2)17-12-30-21(29-9-13-3-5-33(6-4-13)18(34)8-26)31-19(17)16-11-28-20-15(16)7-14(10-27-20)22(23,24)25/h7,10-13H,3-6,8-9,26H2,1-2H3,(H,27,28)(H,29,30,31). The fraction of sp³-hybridized carbons (Fsp3) is 0.455. The summed E-state index contributed by atoms with van der Waals surface area (Å²) in [5.74, 6) is 0.685. The number of likely N-dealkylation sites (tertiary alicyclic amines) is 1. The van der Waals surface area contributed by atoms with Gasteiger partial charge in [-0.2, -0.15) is 13.2 Å². The summed E-state index contributed by atoms with van der Waals surface area (Å²) in [5, 5.41) is 3.58. The quantitative estimate of drug-likeness (QED) is 0.501. The fourth-order valence-corrected chi connectivity index (χ4v) is 4.09. The van der Waals surface area contributed by atoms with Gasteiger partial charge in [0.15, 0.2) is 0 Å². The molecule has 4 heterocycles. The first-order valence-electron chi connectivity index (χ1n) is 11.0. The van der Waals surface area contributed by atoms with E-state index in [-0.39, 0.29) is 12.5 Å². The number of fused-ring (bicyclic) bond motifs is 1. The zero-order chi connectivity index (χ0) is 24.5. The average molecular weight is 477 g/mol. The summed E-state index contributed by atoms with van der Waals surface area (Å²) < 4.78 is 39.8. The van der Waals surface area contributed by atoms with Crippen LogP contribution in [0, 0.1) is 5.92 Å². The summed E-state index contributed by atoms with van der Waals surface area (Å²) in [4.78, 5) is 31.2. The molecule has 0 atom stereocenters. The Kier molecular flexibility index (Phi) is 6.60. The van der Waals surface area contributed by atoms with Gasteiger partial charge in [-0.15, -0.1) is 0 Å². The Morgan fingerprint density at radius 2 is 2.00 bits per heavy atom. The summed E-state index contributed by atoms with van der Waals surface area (Å²) in [6.07, 6.45) is 1.26. The summed E-state index contributed by atoms with van der Waals surface area (Å²) in [6.45, 7) is 1.97. The zero-order valence-electron chi connectivity index (χ0n) is 19.0. The molecule has 0 radical (unpaired) electrons. The molecule has 1 aliphatic heterocycles. The van der Waals surface area contributed by atoms with Crippen molar-refractivity contribution in [2.24, 2.45) is 11.7 Å². The molecule has 3 aromatic heterocycles. The smallest absolute Gasteiger partial charge is 0.375 e. The molecule has 0 saturated carbocycles. The molecule has 0 aromatic carbocycles. The minimum absolute atomic E-state index is 0.0194. The summed E-state index contributed by atoms with van der Waals surface area (Å²) in [5.41, 5.74) is 6.64. The number of piperidine rings is 1. The average Bonchev–Trinajstić information content (AvgIpc) is 3.25. The molecule has 1 aliphatic rings.